The molecular weight excluding hydrogens is 440 g/mol. The molecule has 0 amide bonds. The third-order valence-corrected chi connectivity index (χ3v) is 5.92. The molecular formula is C24H34N4O4S. The van der Waals surface area contributed by atoms with Crippen LogP contribution in [0.25, 0.3) is 11.0 Å². The first-order valence-corrected chi connectivity index (χ1v) is 12.2. The molecule has 0 saturated heterocycles. The number of anilines is 1. The van der Waals surface area contributed by atoms with Gasteiger partial charge in [0.1, 0.15) is 6.29 Å². The predicted molar refractivity (Wildman–Crippen MR) is 133 cm³/mol. The summed E-state index contributed by atoms with van der Waals surface area (Å²) in [6, 6.07) is 10.5. The van der Waals surface area contributed by atoms with Crippen LogP contribution >= 0.6 is 0 Å². The number of pyridine rings is 2. The van der Waals surface area contributed by atoms with Gasteiger partial charge in [-0.05, 0) is 55.0 Å². The van der Waals surface area contributed by atoms with Crippen LogP contribution in [0.1, 0.15) is 51.2 Å². The smallest absolute Gasteiger partial charge is 0.238 e. The molecule has 33 heavy (non-hydrogen) atoms. The lowest BCUT2D eigenvalue weighted by Crippen LogP contribution is -2.11. The Bertz CT molecular complexity index is 1130. The summed E-state index contributed by atoms with van der Waals surface area (Å²) in [4.78, 5) is 17.7. The summed E-state index contributed by atoms with van der Waals surface area (Å²) < 4.78 is 26.8. The Morgan fingerprint density at radius 3 is 2.21 bits per heavy atom. The van der Waals surface area contributed by atoms with Gasteiger partial charge in [0.05, 0.1) is 23.9 Å². The van der Waals surface area contributed by atoms with E-state index in [1.807, 2.05) is 32.3 Å². The molecule has 8 nitrogen and oxygen atoms in total. The largest absolute Gasteiger partial charge is 0.481 e. The quantitative estimate of drug-likeness (QED) is 0.510. The maximum atomic E-state index is 10.8. The molecule has 180 valence electrons. The van der Waals surface area contributed by atoms with E-state index in [-0.39, 0.29) is 4.90 Å². The van der Waals surface area contributed by atoms with E-state index < -0.39 is 10.0 Å². The Labute approximate surface area is 196 Å². The summed E-state index contributed by atoms with van der Waals surface area (Å²) in [6.07, 6.45) is 4.57. The van der Waals surface area contributed by atoms with Crippen molar-refractivity contribution in [2.24, 2.45) is 5.14 Å². The second-order valence-corrected chi connectivity index (χ2v) is 8.71. The predicted octanol–water partition coefficient (Wildman–Crippen LogP) is 4.30. The third-order valence-electron chi connectivity index (χ3n) is 4.99. The molecule has 3 rings (SSSR count). The number of fused-ring (bicyclic) bond motifs is 1. The molecule has 0 radical (unpaired) electrons. The number of methoxy groups -OCH3 is 1. The van der Waals surface area contributed by atoms with E-state index in [2.05, 4.69) is 29.1 Å². The number of hydrogen-bond acceptors (Lipinski definition) is 7. The van der Waals surface area contributed by atoms with Crippen LogP contribution < -0.4 is 15.2 Å². The second-order valence-electron chi connectivity index (χ2n) is 7.15. The van der Waals surface area contributed by atoms with E-state index in [1.165, 1.54) is 24.6 Å². The monoisotopic (exact) mass is 474 g/mol. The second kappa shape index (κ2) is 13.5. The molecule has 0 aliphatic rings. The lowest BCUT2D eigenvalue weighted by molar-refractivity contribution is -0.106. The Kier molecular flexibility index (Phi) is 11.4. The minimum atomic E-state index is -3.53. The minimum Gasteiger partial charge on any atom is -0.481 e. The number of carbonyl (C=O) groups is 1. The molecule has 1 atom stereocenters. The van der Waals surface area contributed by atoms with Gasteiger partial charge >= 0.3 is 0 Å². The lowest BCUT2D eigenvalue weighted by Gasteiger charge is -2.17. The Hall–Kier alpha value is -3.04. The molecule has 9 heteroatoms. The van der Waals surface area contributed by atoms with Crippen LogP contribution in [0.15, 0.2) is 47.5 Å². The summed E-state index contributed by atoms with van der Waals surface area (Å²) >= 11 is 0. The fraction of sp³-hybridized carbons (Fsp3) is 0.375. The maximum absolute atomic E-state index is 10.8. The fourth-order valence-electron chi connectivity index (χ4n) is 3.04. The van der Waals surface area contributed by atoms with Crippen LogP contribution in [0.3, 0.4) is 0 Å². The molecule has 1 unspecified atom stereocenters. The fourth-order valence-corrected chi connectivity index (χ4v) is 3.56. The number of rotatable bonds is 6. The highest BCUT2D eigenvalue weighted by Crippen LogP contribution is 2.32. The van der Waals surface area contributed by atoms with Gasteiger partial charge in [-0.25, -0.2) is 18.5 Å². The molecule has 0 bridgehead atoms. The van der Waals surface area contributed by atoms with E-state index in [1.54, 1.807) is 19.2 Å². The van der Waals surface area contributed by atoms with Gasteiger partial charge in [-0.3, -0.25) is 0 Å². The molecule has 0 fully saturated rings. The van der Waals surface area contributed by atoms with Crippen molar-refractivity contribution in [1.29, 1.82) is 0 Å². The van der Waals surface area contributed by atoms with Gasteiger partial charge in [-0.2, -0.15) is 4.98 Å². The molecule has 1 aromatic carbocycles. The number of aromatic nitrogens is 2. The average Bonchev–Trinajstić information content (AvgIpc) is 2.82. The summed E-state index contributed by atoms with van der Waals surface area (Å²) in [5.41, 5.74) is 4.19. The summed E-state index contributed by atoms with van der Waals surface area (Å²) in [7, 11) is 0.0113. The Morgan fingerprint density at radius 1 is 1.15 bits per heavy atom. The third kappa shape index (κ3) is 8.11. The van der Waals surface area contributed by atoms with Crippen LogP contribution in [0.4, 0.5) is 5.69 Å². The number of nitrogens with zero attached hydrogens (tertiary/aromatic N) is 2. The number of aldehydes is 1. The summed E-state index contributed by atoms with van der Waals surface area (Å²) in [5, 5.41) is 9.22. The van der Waals surface area contributed by atoms with Gasteiger partial charge in [0.25, 0.3) is 0 Å². The Balaban J connectivity index is 0.000000314. The van der Waals surface area contributed by atoms with E-state index in [9.17, 15) is 8.42 Å². The SMILES string of the molecule is CC=O.CCC(C)c1c(NC)cnc2nc(OC)ccc12.CCc1ccc(S(N)(=O)=O)cc1. The van der Waals surface area contributed by atoms with Gasteiger partial charge in [0.15, 0.2) is 5.65 Å². The topological polar surface area (TPSA) is 124 Å². The van der Waals surface area contributed by atoms with Crippen LogP contribution in [-0.4, -0.2) is 38.8 Å². The van der Waals surface area contributed by atoms with Crippen molar-refractivity contribution in [3.8, 4) is 5.88 Å². The van der Waals surface area contributed by atoms with Crippen molar-refractivity contribution in [2.75, 3.05) is 19.5 Å². The number of hydrogen-bond donors (Lipinski definition) is 2. The van der Waals surface area contributed by atoms with Crippen molar-refractivity contribution < 1.29 is 17.9 Å². The molecule has 0 saturated carbocycles. The van der Waals surface area contributed by atoms with Gasteiger partial charge < -0.3 is 14.8 Å². The average molecular weight is 475 g/mol. The molecule has 2 heterocycles. The highest BCUT2D eigenvalue weighted by molar-refractivity contribution is 7.89. The molecule has 0 aliphatic heterocycles. The van der Waals surface area contributed by atoms with Gasteiger partial charge in [-0.1, -0.05) is 32.9 Å². The maximum Gasteiger partial charge on any atom is 0.238 e. The molecule has 2 aromatic heterocycles. The highest BCUT2D eigenvalue weighted by atomic mass is 32.2. The van der Waals surface area contributed by atoms with Gasteiger partial charge in [-0.15, -0.1) is 0 Å². The van der Waals surface area contributed by atoms with E-state index in [0.717, 1.165) is 41.4 Å². The van der Waals surface area contributed by atoms with Gasteiger partial charge in [0, 0.05) is 18.5 Å². The number of aryl methyl sites for hydroxylation is 1. The van der Waals surface area contributed by atoms with Crippen molar-refractivity contribution in [2.45, 2.75) is 51.3 Å². The molecule has 0 aliphatic carbocycles. The highest BCUT2D eigenvalue weighted by Gasteiger charge is 2.14. The van der Waals surface area contributed by atoms with E-state index in [0.29, 0.717) is 11.8 Å². The number of benzene rings is 1. The number of carbonyl (C=O) groups excluding carboxylic acids is 1. The van der Waals surface area contributed by atoms with Crippen LogP contribution in [0.5, 0.6) is 5.88 Å². The van der Waals surface area contributed by atoms with Crippen molar-refractivity contribution in [3.05, 3.63) is 53.7 Å². The number of nitrogens with one attached hydrogen (secondary N) is 1. The summed E-state index contributed by atoms with van der Waals surface area (Å²) in [6.45, 7) is 7.86. The molecule has 3 aromatic rings. The number of nitrogens with two attached hydrogens (primary N) is 1. The first-order chi connectivity index (χ1) is 15.7. The standard InChI is InChI=1S/C14H19N3O.C8H11NO2S.C2H4O/c1-5-9(2)13-10-6-7-12(18-4)17-14(10)16-8-11(13)15-3;1-2-7-3-5-8(6-4-7)12(9,10)11;1-2-3/h6-9,15H,5H2,1-4H3;3-6H,2H2,1H3,(H2,9,10,11);2H,1H3. The van der Waals surface area contributed by atoms with Crippen LogP contribution in [-0.2, 0) is 21.2 Å². The van der Waals surface area contributed by atoms with E-state index >= 15 is 0 Å². The summed E-state index contributed by atoms with van der Waals surface area (Å²) in [5.74, 6) is 1.07. The van der Waals surface area contributed by atoms with Crippen molar-refractivity contribution >= 4 is 33.0 Å². The normalized spacial score (nSPS) is 11.4. The first-order valence-electron chi connectivity index (χ1n) is 10.7. The van der Waals surface area contributed by atoms with E-state index in [4.69, 9.17) is 14.7 Å². The lowest BCUT2D eigenvalue weighted by atomic mass is 9.94. The van der Waals surface area contributed by atoms with Gasteiger partial charge in [0.2, 0.25) is 15.9 Å². The zero-order chi connectivity index (χ0) is 25.0. The Morgan fingerprint density at radius 2 is 1.76 bits per heavy atom. The first kappa shape index (κ1) is 28.0. The van der Waals surface area contributed by atoms with Crippen LogP contribution in [0, 0.1) is 0 Å². The zero-order valence-electron chi connectivity index (χ0n) is 20.1. The van der Waals surface area contributed by atoms with Crippen molar-refractivity contribution in [1.82, 2.24) is 9.97 Å². The number of sulfonamides is 1. The number of primary sulfonamides is 1. The zero-order valence-corrected chi connectivity index (χ0v) is 20.9. The number of ether oxygens (including phenoxy) is 1. The van der Waals surface area contributed by atoms with Crippen LogP contribution in [0.2, 0.25) is 0 Å². The molecule has 3 N–H and O–H groups in total. The molecule has 0 spiro atoms. The minimum absolute atomic E-state index is 0.166. The van der Waals surface area contributed by atoms with Crippen molar-refractivity contribution in [3.63, 3.8) is 0 Å².